The average molecular weight is 182 g/mol. The Kier molecular flexibility index (Phi) is 4.01. The second-order valence-corrected chi connectivity index (χ2v) is 5.02. The fourth-order valence-corrected chi connectivity index (χ4v) is 1.74. The standard InChI is InChI=1S/C11H18S/c1-11(12)9-7-5-3-2-4-6-8-10-11/h12H,2-5,7,9-10H2,1H3. The monoisotopic (exact) mass is 182 g/mol. The number of hydrogen-bond acceptors (Lipinski definition) is 1. The predicted octanol–water partition coefficient (Wildman–Crippen LogP) is 3.42. The molecule has 0 bridgehead atoms. The van der Waals surface area contributed by atoms with Gasteiger partial charge in [-0.25, -0.2) is 0 Å². The second-order valence-electron chi connectivity index (χ2n) is 3.94. The van der Waals surface area contributed by atoms with Crippen LogP contribution in [0, 0.1) is 11.8 Å². The topological polar surface area (TPSA) is 0 Å². The van der Waals surface area contributed by atoms with Crippen molar-refractivity contribution in [3.8, 4) is 11.8 Å². The molecule has 0 amide bonds. The number of rotatable bonds is 0. The maximum atomic E-state index is 4.62. The predicted molar refractivity (Wildman–Crippen MR) is 57.5 cm³/mol. The molecule has 0 aromatic rings. The summed E-state index contributed by atoms with van der Waals surface area (Å²) < 4.78 is 0.157. The van der Waals surface area contributed by atoms with Gasteiger partial charge in [-0.1, -0.05) is 19.3 Å². The third-order valence-electron chi connectivity index (χ3n) is 2.36. The SMILES string of the molecule is CC1(S)CC#CCCCCCC1. The van der Waals surface area contributed by atoms with Crippen molar-refractivity contribution in [2.45, 2.75) is 56.6 Å². The summed E-state index contributed by atoms with van der Waals surface area (Å²) in [6.07, 6.45) is 8.57. The smallest absolute Gasteiger partial charge is 0.0231 e. The maximum Gasteiger partial charge on any atom is 0.0231 e. The van der Waals surface area contributed by atoms with Crippen molar-refractivity contribution in [1.29, 1.82) is 0 Å². The molecular weight excluding hydrogens is 164 g/mol. The van der Waals surface area contributed by atoms with Crippen LogP contribution in [-0.4, -0.2) is 4.75 Å². The molecule has 68 valence electrons. The van der Waals surface area contributed by atoms with E-state index < -0.39 is 0 Å². The molecule has 1 aliphatic rings. The molecule has 0 saturated heterocycles. The molecule has 0 fully saturated rings. The van der Waals surface area contributed by atoms with Crippen molar-refractivity contribution < 1.29 is 0 Å². The van der Waals surface area contributed by atoms with Crippen LogP contribution in [0.1, 0.15) is 51.9 Å². The van der Waals surface area contributed by atoms with Gasteiger partial charge in [-0.05, 0) is 19.8 Å². The highest BCUT2D eigenvalue weighted by Crippen LogP contribution is 2.26. The lowest BCUT2D eigenvalue weighted by molar-refractivity contribution is 0.533. The minimum Gasteiger partial charge on any atom is -0.172 e. The molecule has 0 nitrogen and oxygen atoms in total. The summed E-state index contributed by atoms with van der Waals surface area (Å²) in [7, 11) is 0. The molecule has 0 spiro atoms. The van der Waals surface area contributed by atoms with E-state index in [9.17, 15) is 0 Å². The quantitative estimate of drug-likeness (QED) is 0.431. The van der Waals surface area contributed by atoms with E-state index in [1.54, 1.807) is 0 Å². The van der Waals surface area contributed by atoms with Crippen LogP contribution < -0.4 is 0 Å². The van der Waals surface area contributed by atoms with Crippen LogP contribution in [0.4, 0.5) is 0 Å². The summed E-state index contributed by atoms with van der Waals surface area (Å²) in [5.41, 5.74) is 0. The first kappa shape index (κ1) is 9.99. The molecular formula is C11H18S. The van der Waals surface area contributed by atoms with E-state index in [1.165, 1.54) is 32.1 Å². The van der Waals surface area contributed by atoms with Crippen LogP contribution in [0.5, 0.6) is 0 Å². The van der Waals surface area contributed by atoms with Gasteiger partial charge in [-0.2, -0.15) is 12.6 Å². The molecule has 0 heterocycles. The van der Waals surface area contributed by atoms with Gasteiger partial charge < -0.3 is 0 Å². The van der Waals surface area contributed by atoms with Crippen LogP contribution in [-0.2, 0) is 0 Å². The van der Waals surface area contributed by atoms with Crippen molar-refractivity contribution in [3.63, 3.8) is 0 Å². The summed E-state index contributed by atoms with van der Waals surface area (Å²) in [5, 5.41) is 0. The Morgan fingerprint density at radius 3 is 2.67 bits per heavy atom. The van der Waals surface area contributed by atoms with E-state index >= 15 is 0 Å². The lowest BCUT2D eigenvalue weighted by Crippen LogP contribution is -2.15. The Bertz CT molecular complexity index is 183. The maximum absolute atomic E-state index is 4.62. The van der Waals surface area contributed by atoms with Gasteiger partial charge in [-0.15, -0.1) is 11.8 Å². The van der Waals surface area contributed by atoms with E-state index in [4.69, 9.17) is 0 Å². The molecule has 1 heteroatoms. The molecule has 0 aromatic carbocycles. The summed E-state index contributed by atoms with van der Waals surface area (Å²) in [6, 6.07) is 0. The fraction of sp³-hybridized carbons (Fsp3) is 0.818. The Labute approximate surface area is 81.5 Å². The van der Waals surface area contributed by atoms with Crippen LogP contribution >= 0.6 is 12.6 Å². The first-order chi connectivity index (χ1) is 5.71. The average Bonchev–Trinajstić information content (AvgIpc) is 2.02. The van der Waals surface area contributed by atoms with Crippen LogP contribution in [0.15, 0.2) is 0 Å². The van der Waals surface area contributed by atoms with Gasteiger partial charge in [-0.3, -0.25) is 0 Å². The minimum absolute atomic E-state index is 0.157. The molecule has 0 aromatic heterocycles. The van der Waals surface area contributed by atoms with Crippen molar-refractivity contribution in [2.24, 2.45) is 0 Å². The highest BCUT2D eigenvalue weighted by atomic mass is 32.1. The van der Waals surface area contributed by atoms with Gasteiger partial charge in [0, 0.05) is 17.6 Å². The van der Waals surface area contributed by atoms with Crippen LogP contribution in [0.2, 0.25) is 0 Å². The third kappa shape index (κ3) is 4.07. The normalized spacial score (nSPS) is 31.8. The lowest BCUT2D eigenvalue weighted by atomic mass is 9.97. The van der Waals surface area contributed by atoms with E-state index in [0.717, 1.165) is 12.8 Å². The van der Waals surface area contributed by atoms with Gasteiger partial charge in [0.1, 0.15) is 0 Å². The van der Waals surface area contributed by atoms with Crippen LogP contribution in [0.3, 0.4) is 0 Å². The Morgan fingerprint density at radius 2 is 1.83 bits per heavy atom. The molecule has 1 aliphatic carbocycles. The van der Waals surface area contributed by atoms with E-state index in [0.29, 0.717) is 0 Å². The first-order valence-electron chi connectivity index (χ1n) is 4.89. The molecule has 0 radical (unpaired) electrons. The van der Waals surface area contributed by atoms with Crippen molar-refractivity contribution in [2.75, 3.05) is 0 Å². The first-order valence-corrected chi connectivity index (χ1v) is 5.34. The zero-order valence-corrected chi connectivity index (χ0v) is 8.79. The molecule has 0 N–H and O–H groups in total. The van der Waals surface area contributed by atoms with Gasteiger partial charge in [0.15, 0.2) is 0 Å². The zero-order valence-electron chi connectivity index (χ0n) is 7.90. The third-order valence-corrected chi connectivity index (χ3v) is 2.74. The molecule has 1 unspecified atom stereocenters. The Hall–Kier alpha value is -0.0900. The van der Waals surface area contributed by atoms with Gasteiger partial charge in [0.2, 0.25) is 0 Å². The highest BCUT2D eigenvalue weighted by molar-refractivity contribution is 7.81. The minimum atomic E-state index is 0.157. The van der Waals surface area contributed by atoms with E-state index in [-0.39, 0.29) is 4.75 Å². The van der Waals surface area contributed by atoms with E-state index in [2.05, 4.69) is 31.4 Å². The molecule has 12 heavy (non-hydrogen) atoms. The summed E-state index contributed by atoms with van der Waals surface area (Å²) in [5.74, 6) is 6.43. The summed E-state index contributed by atoms with van der Waals surface area (Å²) >= 11 is 4.62. The number of thiol groups is 1. The highest BCUT2D eigenvalue weighted by Gasteiger charge is 2.16. The Morgan fingerprint density at radius 1 is 1.08 bits per heavy atom. The molecule has 1 atom stereocenters. The summed E-state index contributed by atoms with van der Waals surface area (Å²) in [4.78, 5) is 0. The van der Waals surface area contributed by atoms with Crippen molar-refractivity contribution in [3.05, 3.63) is 0 Å². The van der Waals surface area contributed by atoms with Gasteiger partial charge in [0.25, 0.3) is 0 Å². The zero-order chi connectivity index (χ0) is 8.86. The van der Waals surface area contributed by atoms with E-state index in [1.807, 2.05) is 0 Å². The Balaban J connectivity index is 2.45. The van der Waals surface area contributed by atoms with Crippen molar-refractivity contribution in [1.82, 2.24) is 0 Å². The molecule has 1 rings (SSSR count). The fourth-order valence-electron chi connectivity index (χ4n) is 1.50. The largest absolute Gasteiger partial charge is 0.172 e. The molecule has 0 aliphatic heterocycles. The number of hydrogen-bond donors (Lipinski definition) is 1. The van der Waals surface area contributed by atoms with Gasteiger partial charge in [0.05, 0.1) is 0 Å². The van der Waals surface area contributed by atoms with Crippen molar-refractivity contribution >= 4 is 12.6 Å². The van der Waals surface area contributed by atoms with Crippen LogP contribution in [0.25, 0.3) is 0 Å². The molecule has 0 saturated carbocycles. The van der Waals surface area contributed by atoms with Gasteiger partial charge >= 0.3 is 0 Å². The second kappa shape index (κ2) is 4.82. The summed E-state index contributed by atoms with van der Waals surface area (Å²) in [6.45, 7) is 2.20. The lowest BCUT2D eigenvalue weighted by Gasteiger charge is -2.20.